The molecule has 0 aliphatic carbocycles. The van der Waals surface area contributed by atoms with Crippen molar-refractivity contribution in [1.82, 2.24) is 10.4 Å². The quantitative estimate of drug-likeness (QED) is 0.530. The Labute approximate surface area is 57.5 Å². The van der Waals surface area contributed by atoms with E-state index in [0.29, 0.717) is 0 Å². The van der Waals surface area contributed by atoms with Crippen LogP contribution in [0.3, 0.4) is 0 Å². The van der Waals surface area contributed by atoms with E-state index in [4.69, 9.17) is 0 Å². The highest BCUT2D eigenvalue weighted by Gasteiger charge is 2.01. The third-order valence-electron chi connectivity index (χ3n) is 1.25. The van der Waals surface area contributed by atoms with Crippen LogP contribution < -0.4 is 5.43 Å². The van der Waals surface area contributed by atoms with Gasteiger partial charge in [-0.05, 0) is 13.0 Å². The zero-order valence-corrected chi connectivity index (χ0v) is 6.73. The predicted molar refractivity (Wildman–Crippen MR) is 40.9 cm³/mol. The molecule has 1 heterocycles. The van der Waals surface area contributed by atoms with Crippen molar-refractivity contribution < 1.29 is 0 Å². The van der Waals surface area contributed by atoms with Crippen LogP contribution in [0.2, 0.25) is 0 Å². The smallest absolute Gasteiger partial charge is 0.0350 e. The molecule has 0 amide bonds. The minimum Gasteiger partial charge on any atom is -0.316 e. The monoisotopic (exact) mass is 128 g/mol. The Balaban J connectivity index is 0.000000291. The molecule has 0 saturated heterocycles. The van der Waals surface area contributed by atoms with E-state index < -0.39 is 0 Å². The summed E-state index contributed by atoms with van der Waals surface area (Å²) in [6, 6.07) is 0. The Kier molecular flexibility index (Phi) is 4.14. The predicted octanol–water partition coefficient (Wildman–Crippen LogP) is 1.37. The van der Waals surface area contributed by atoms with Crippen LogP contribution in [0.25, 0.3) is 0 Å². The lowest BCUT2D eigenvalue weighted by Crippen LogP contribution is -2.26. The standard InChI is InChI=1S/C5H10N2.C2H6/c1-5-3-4-6-7(5)2;1-2/h3,6H,4H2,1-2H3;1-2H3. The topological polar surface area (TPSA) is 15.3 Å². The van der Waals surface area contributed by atoms with E-state index in [9.17, 15) is 0 Å². The molecule has 0 aromatic carbocycles. The average molecular weight is 128 g/mol. The molecule has 0 radical (unpaired) electrons. The third-order valence-corrected chi connectivity index (χ3v) is 1.25. The molecule has 0 aromatic rings. The maximum absolute atomic E-state index is 3.11. The molecule has 0 fully saturated rings. The second kappa shape index (κ2) is 4.39. The van der Waals surface area contributed by atoms with Gasteiger partial charge < -0.3 is 5.01 Å². The Morgan fingerprint density at radius 2 is 2.11 bits per heavy atom. The Morgan fingerprint density at radius 1 is 1.56 bits per heavy atom. The maximum atomic E-state index is 3.11. The van der Waals surface area contributed by atoms with Gasteiger partial charge in [0.1, 0.15) is 0 Å². The first kappa shape index (κ1) is 8.50. The number of nitrogens with one attached hydrogen (secondary N) is 1. The summed E-state index contributed by atoms with van der Waals surface area (Å²) in [7, 11) is 2.01. The summed E-state index contributed by atoms with van der Waals surface area (Å²) in [4.78, 5) is 0. The van der Waals surface area contributed by atoms with Gasteiger partial charge in [0, 0.05) is 19.3 Å². The fourth-order valence-corrected chi connectivity index (χ4v) is 0.592. The third kappa shape index (κ3) is 2.51. The van der Waals surface area contributed by atoms with Crippen LogP contribution in [0.4, 0.5) is 0 Å². The van der Waals surface area contributed by atoms with Gasteiger partial charge >= 0.3 is 0 Å². The number of allylic oxidation sites excluding steroid dienone is 1. The second-order valence-corrected chi connectivity index (χ2v) is 1.77. The zero-order chi connectivity index (χ0) is 7.28. The highest BCUT2D eigenvalue weighted by Crippen LogP contribution is 1.99. The van der Waals surface area contributed by atoms with E-state index in [2.05, 4.69) is 18.4 Å². The summed E-state index contributed by atoms with van der Waals surface area (Å²) < 4.78 is 0. The van der Waals surface area contributed by atoms with Gasteiger partial charge in [0.25, 0.3) is 0 Å². The molecule has 2 nitrogen and oxygen atoms in total. The molecule has 0 saturated carbocycles. The van der Waals surface area contributed by atoms with Crippen molar-refractivity contribution in [3.63, 3.8) is 0 Å². The normalized spacial score (nSPS) is 16.4. The Bertz CT molecular complexity index is 97.1. The van der Waals surface area contributed by atoms with Crippen molar-refractivity contribution in [1.29, 1.82) is 0 Å². The molecular formula is C7H16N2. The minimum absolute atomic E-state index is 0.988. The van der Waals surface area contributed by atoms with E-state index in [0.717, 1.165) is 6.54 Å². The summed E-state index contributed by atoms with van der Waals surface area (Å²) in [6.45, 7) is 7.07. The van der Waals surface area contributed by atoms with Gasteiger partial charge in [-0.2, -0.15) is 0 Å². The van der Waals surface area contributed by atoms with Crippen LogP contribution in [0.5, 0.6) is 0 Å². The van der Waals surface area contributed by atoms with Gasteiger partial charge in [0.15, 0.2) is 0 Å². The van der Waals surface area contributed by atoms with Gasteiger partial charge in [-0.1, -0.05) is 13.8 Å². The molecule has 2 heteroatoms. The van der Waals surface area contributed by atoms with E-state index in [1.165, 1.54) is 5.70 Å². The Morgan fingerprint density at radius 3 is 2.22 bits per heavy atom. The maximum Gasteiger partial charge on any atom is 0.0350 e. The lowest BCUT2D eigenvalue weighted by Gasteiger charge is -2.11. The van der Waals surface area contributed by atoms with Crippen molar-refractivity contribution in [2.75, 3.05) is 13.6 Å². The van der Waals surface area contributed by atoms with Gasteiger partial charge in [0.05, 0.1) is 0 Å². The molecule has 54 valence electrons. The molecular weight excluding hydrogens is 112 g/mol. The molecule has 9 heavy (non-hydrogen) atoms. The SMILES string of the molecule is CC.CC1=CCNN1C. The molecule has 1 aliphatic rings. The molecule has 1 rings (SSSR count). The van der Waals surface area contributed by atoms with E-state index in [-0.39, 0.29) is 0 Å². The summed E-state index contributed by atoms with van der Waals surface area (Å²) in [5.41, 5.74) is 4.42. The zero-order valence-electron chi connectivity index (χ0n) is 6.73. The lowest BCUT2D eigenvalue weighted by atomic mass is 10.5. The van der Waals surface area contributed by atoms with Crippen LogP contribution in [0, 0.1) is 0 Å². The summed E-state index contributed by atoms with van der Waals surface area (Å²) in [5, 5.41) is 2.01. The van der Waals surface area contributed by atoms with Gasteiger partial charge in [-0.15, -0.1) is 0 Å². The number of hydrazine groups is 1. The van der Waals surface area contributed by atoms with E-state index >= 15 is 0 Å². The Hall–Kier alpha value is -0.500. The summed E-state index contributed by atoms with van der Waals surface area (Å²) >= 11 is 0. The summed E-state index contributed by atoms with van der Waals surface area (Å²) in [5.74, 6) is 0. The molecule has 0 atom stereocenters. The van der Waals surface area contributed by atoms with Crippen LogP contribution in [0.1, 0.15) is 20.8 Å². The number of hydrogen-bond donors (Lipinski definition) is 1. The molecule has 1 N–H and O–H groups in total. The van der Waals surface area contributed by atoms with E-state index in [1.807, 2.05) is 25.9 Å². The van der Waals surface area contributed by atoms with Gasteiger partial charge in [-0.3, -0.25) is 0 Å². The fraction of sp³-hybridized carbons (Fsp3) is 0.714. The largest absolute Gasteiger partial charge is 0.316 e. The van der Waals surface area contributed by atoms with Gasteiger partial charge in [-0.25, -0.2) is 5.43 Å². The molecule has 0 unspecified atom stereocenters. The average Bonchev–Trinajstić information content (AvgIpc) is 2.23. The first-order chi connectivity index (χ1) is 4.30. The molecule has 1 aliphatic heterocycles. The van der Waals surface area contributed by atoms with Crippen LogP contribution in [0.15, 0.2) is 11.8 Å². The number of rotatable bonds is 0. The second-order valence-electron chi connectivity index (χ2n) is 1.77. The lowest BCUT2D eigenvalue weighted by molar-refractivity contribution is 0.346. The highest BCUT2D eigenvalue weighted by molar-refractivity contribution is 5.01. The fourth-order valence-electron chi connectivity index (χ4n) is 0.592. The molecule has 0 bridgehead atoms. The van der Waals surface area contributed by atoms with Gasteiger partial charge in [0.2, 0.25) is 0 Å². The molecule has 0 spiro atoms. The highest BCUT2D eigenvalue weighted by atomic mass is 15.5. The number of hydrogen-bond acceptors (Lipinski definition) is 2. The van der Waals surface area contributed by atoms with Crippen LogP contribution in [-0.4, -0.2) is 18.6 Å². The van der Waals surface area contributed by atoms with Crippen molar-refractivity contribution in [2.45, 2.75) is 20.8 Å². The van der Waals surface area contributed by atoms with Crippen LogP contribution in [-0.2, 0) is 0 Å². The summed E-state index contributed by atoms with van der Waals surface area (Å²) in [6.07, 6.45) is 2.15. The van der Waals surface area contributed by atoms with Crippen molar-refractivity contribution in [2.24, 2.45) is 0 Å². The van der Waals surface area contributed by atoms with Crippen molar-refractivity contribution in [3.8, 4) is 0 Å². The van der Waals surface area contributed by atoms with Crippen molar-refractivity contribution >= 4 is 0 Å². The first-order valence-electron chi connectivity index (χ1n) is 3.44. The molecule has 0 aromatic heterocycles. The van der Waals surface area contributed by atoms with E-state index in [1.54, 1.807) is 0 Å². The number of nitrogens with zero attached hydrogens (tertiary/aromatic N) is 1. The van der Waals surface area contributed by atoms with Crippen LogP contribution >= 0.6 is 0 Å². The first-order valence-corrected chi connectivity index (χ1v) is 3.44. The van der Waals surface area contributed by atoms with Crippen molar-refractivity contribution in [3.05, 3.63) is 11.8 Å². The minimum atomic E-state index is 0.988.